The van der Waals surface area contributed by atoms with Crippen LogP contribution < -0.4 is 10.1 Å². The van der Waals surface area contributed by atoms with Gasteiger partial charge in [-0.3, -0.25) is 4.79 Å². The first-order chi connectivity index (χ1) is 12.2. The number of thioether (sulfide) groups is 1. The molecule has 1 atom stereocenters. The van der Waals surface area contributed by atoms with Gasteiger partial charge in [0.05, 0.1) is 7.11 Å². The van der Waals surface area contributed by atoms with Gasteiger partial charge in [0.25, 0.3) is 0 Å². The molecule has 2 aromatic carbocycles. The Hall–Kier alpha value is -2.24. The Labute approximate surface area is 153 Å². The summed E-state index contributed by atoms with van der Waals surface area (Å²) in [6, 6.07) is 15.7. The topological polar surface area (TPSA) is 47.6 Å². The van der Waals surface area contributed by atoms with Crippen LogP contribution >= 0.6 is 11.8 Å². The highest BCUT2D eigenvalue weighted by atomic mass is 32.2. The monoisotopic (exact) mass is 357 g/mol. The molecule has 0 fully saturated rings. The molecule has 25 heavy (non-hydrogen) atoms. The lowest BCUT2D eigenvalue weighted by atomic mass is 10.1. The lowest BCUT2D eigenvalue weighted by Crippen LogP contribution is -2.27. The van der Waals surface area contributed by atoms with Crippen molar-refractivity contribution >= 4 is 23.7 Å². The fourth-order valence-electron chi connectivity index (χ4n) is 2.39. The average Bonchev–Trinajstić information content (AvgIpc) is 2.67. The van der Waals surface area contributed by atoms with E-state index in [1.54, 1.807) is 32.1 Å². The second kappa shape index (κ2) is 9.91. The van der Waals surface area contributed by atoms with Crippen molar-refractivity contribution in [2.75, 3.05) is 27.0 Å². The van der Waals surface area contributed by atoms with Crippen LogP contribution in [0.5, 0.6) is 5.75 Å². The number of amides is 1. The molecule has 0 unspecified atom stereocenters. The number of methoxy groups -OCH3 is 2. The van der Waals surface area contributed by atoms with Crippen LogP contribution in [0.1, 0.15) is 17.2 Å². The number of hydrogen-bond acceptors (Lipinski definition) is 4. The quantitative estimate of drug-likeness (QED) is 0.574. The van der Waals surface area contributed by atoms with Crippen LogP contribution in [-0.4, -0.2) is 32.9 Å². The fraction of sp³-hybridized carbons (Fsp3) is 0.250. The van der Waals surface area contributed by atoms with Crippen LogP contribution in [0.4, 0.5) is 0 Å². The Morgan fingerprint density at radius 2 is 1.88 bits per heavy atom. The molecule has 1 N–H and O–H groups in total. The van der Waals surface area contributed by atoms with Crippen molar-refractivity contribution in [3.05, 3.63) is 65.7 Å². The standard InChI is InChI=1S/C20H23NO3S/c1-23-18-7-5-4-6-17(18)19(24-2)14-21-20(22)13-10-15-8-11-16(25-3)12-9-15/h4-13,19H,14H2,1-3H3,(H,21,22)/b13-10+/t19-/m1/s1. The van der Waals surface area contributed by atoms with Gasteiger partial charge in [-0.25, -0.2) is 0 Å². The average molecular weight is 357 g/mol. The van der Waals surface area contributed by atoms with E-state index >= 15 is 0 Å². The van der Waals surface area contributed by atoms with Crippen molar-refractivity contribution < 1.29 is 14.3 Å². The van der Waals surface area contributed by atoms with Crippen molar-refractivity contribution in [2.24, 2.45) is 0 Å². The summed E-state index contributed by atoms with van der Waals surface area (Å²) >= 11 is 1.69. The SMILES string of the molecule is COc1ccccc1[C@@H](CNC(=O)/C=C/c1ccc(SC)cc1)OC. The normalized spacial score (nSPS) is 12.1. The third-order valence-corrected chi connectivity index (χ3v) is 4.52. The van der Waals surface area contributed by atoms with Gasteiger partial charge < -0.3 is 14.8 Å². The van der Waals surface area contributed by atoms with Gasteiger partial charge in [0, 0.05) is 30.2 Å². The smallest absolute Gasteiger partial charge is 0.244 e. The van der Waals surface area contributed by atoms with Crippen LogP contribution in [0.15, 0.2) is 59.5 Å². The first kappa shape index (κ1) is 19.1. The van der Waals surface area contributed by atoms with Crippen molar-refractivity contribution in [3.63, 3.8) is 0 Å². The van der Waals surface area contributed by atoms with Gasteiger partial charge in [0.1, 0.15) is 11.9 Å². The number of carbonyl (C=O) groups excluding carboxylic acids is 1. The zero-order valence-electron chi connectivity index (χ0n) is 14.7. The Morgan fingerprint density at radius 3 is 2.52 bits per heavy atom. The molecule has 0 saturated heterocycles. The summed E-state index contributed by atoms with van der Waals surface area (Å²) in [7, 11) is 3.24. The molecule has 0 heterocycles. The van der Waals surface area contributed by atoms with E-state index < -0.39 is 0 Å². The van der Waals surface area contributed by atoms with Gasteiger partial charge in [-0.05, 0) is 36.1 Å². The van der Waals surface area contributed by atoms with Crippen molar-refractivity contribution in [1.82, 2.24) is 5.32 Å². The predicted octanol–water partition coefficient (Wildman–Crippen LogP) is 3.93. The second-order valence-corrected chi connectivity index (χ2v) is 6.20. The highest BCUT2D eigenvalue weighted by Gasteiger charge is 2.15. The van der Waals surface area contributed by atoms with E-state index in [2.05, 4.69) is 5.32 Å². The summed E-state index contributed by atoms with van der Waals surface area (Å²) < 4.78 is 10.8. The minimum Gasteiger partial charge on any atom is -0.496 e. The van der Waals surface area contributed by atoms with Crippen LogP contribution in [0.2, 0.25) is 0 Å². The molecule has 0 saturated carbocycles. The van der Waals surface area contributed by atoms with Gasteiger partial charge in [-0.2, -0.15) is 0 Å². The number of ether oxygens (including phenoxy) is 2. The maximum Gasteiger partial charge on any atom is 0.244 e. The summed E-state index contributed by atoms with van der Waals surface area (Å²) in [5.74, 6) is 0.582. The van der Waals surface area contributed by atoms with E-state index in [4.69, 9.17) is 9.47 Å². The minimum absolute atomic E-state index is 0.161. The first-order valence-corrected chi connectivity index (χ1v) is 9.16. The highest BCUT2D eigenvalue weighted by molar-refractivity contribution is 7.98. The lowest BCUT2D eigenvalue weighted by molar-refractivity contribution is -0.117. The lowest BCUT2D eigenvalue weighted by Gasteiger charge is -2.18. The van der Waals surface area contributed by atoms with E-state index in [9.17, 15) is 4.79 Å². The molecule has 0 aromatic heterocycles. The molecule has 0 radical (unpaired) electrons. The van der Waals surface area contributed by atoms with Crippen LogP contribution in [-0.2, 0) is 9.53 Å². The molecule has 0 aliphatic carbocycles. The third kappa shape index (κ3) is 5.66. The van der Waals surface area contributed by atoms with Crippen LogP contribution in [0.3, 0.4) is 0 Å². The number of carbonyl (C=O) groups is 1. The molecule has 2 rings (SSSR count). The van der Waals surface area contributed by atoms with Gasteiger partial charge in [0.15, 0.2) is 0 Å². The second-order valence-electron chi connectivity index (χ2n) is 5.32. The van der Waals surface area contributed by atoms with Crippen molar-refractivity contribution in [2.45, 2.75) is 11.0 Å². The molecular formula is C20H23NO3S. The van der Waals surface area contributed by atoms with E-state index in [1.165, 1.54) is 11.0 Å². The van der Waals surface area contributed by atoms with Gasteiger partial charge in [-0.15, -0.1) is 11.8 Å². The van der Waals surface area contributed by atoms with Crippen LogP contribution in [0.25, 0.3) is 6.08 Å². The number of benzene rings is 2. The van der Waals surface area contributed by atoms with Gasteiger partial charge in [-0.1, -0.05) is 30.3 Å². The Kier molecular flexibility index (Phi) is 7.57. The molecule has 5 heteroatoms. The van der Waals surface area contributed by atoms with E-state index in [0.717, 1.165) is 16.9 Å². The van der Waals surface area contributed by atoms with Gasteiger partial charge in [0.2, 0.25) is 5.91 Å². The number of hydrogen-bond donors (Lipinski definition) is 1. The van der Waals surface area contributed by atoms with E-state index in [1.807, 2.05) is 54.8 Å². The number of para-hydroxylation sites is 1. The van der Waals surface area contributed by atoms with Crippen LogP contribution in [0, 0.1) is 0 Å². The summed E-state index contributed by atoms with van der Waals surface area (Å²) in [6.07, 6.45) is 5.09. The molecular weight excluding hydrogens is 334 g/mol. The molecule has 4 nitrogen and oxygen atoms in total. The Morgan fingerprint density at radius 1 is 1.16 bits per heavy atom. The van der Waals surface area contributed by atoms with Crippen molar-refractivity contribution in [1.29, 1.82) is 0 Å². The minimum atomic E-state index is -0.269. The summed E-state index contributed by atoms with van der Waals surface area (Å²) in [5, 5.41) is 2.87. The molecule has 1 amide bonds. The summed E-state index contributed by atoms with van der Waals surface area (Å²) in [5.41, 5.74) is 1.89. The maximum atomic E-state index is 12.1. The molecule has 0 aliphatic rings. The molecule has 2 aromatic rings. The van der Waals surface area contributed by atoms with Crippen molar-refractivity contribution in [3.8, 4) is 5.75 Å². The molecule has 0 aliphatic heterocycles. The maximum absolute atomic E-state index is 12.1. The predicted molar refractivity (Wildman–Crippen MR) is 103 cm³/mol. The largest absolute Gasteiger partial charge is 0.496 e. The highest BCUT2D eigenvalue weighted by Crippen LogP contribution is 2.26. The Bertz CT molecular complexity index is 713. The number of nitrogens with one attached hydrogen (secondary N) is 1. The molecule has 132 valence electrons. The van der Waals surface area contributed by atoms with E-state index in [0.29, 0.717) is 6.54 Å². The fourth-order valence-corrected chi connectivity index (χ4v) is 2.80. The number of rotatable bonds is 8. The summed E-state index contributed by atoms with van der Waals surface area (Å²) in [6.45, 7) is 0.367. The zero-order valence-corrected chi connectivity index (χ0v) is 15.5. The van der Waals surface area contributed by atoms with Gasteiger partial charge >= 0.3 is 0 Å². The van der Waals surface area contributed by atoms with E-state index in [-0.39, 0.29) is 12.0 Å². The Balaban J connectivity index is 1.94. The molecule has 0 spiro atoms. The molecule has 0 bridgehead atoms. The summed E-state index contributed by atoms with van der Waals surface area (Å²) in [4.78, 5) is 13.3. The third-order valence-electron chi connectivity index (χ3n) is 3.77. The zero-order chi connectivity index (χ0) is 18.1. The first-order valence-electron chi connectivity index (χ1n) is 7.93.